The van der Waals surface area contributed by atoms with Crippen molar-refractivity contribution in [2.45, 2.75) is 32.9 Å². The molecule has 1 aliphatic rings. The second kappa shape index (κ2) is 6.61. The summed E-state index contributed by atoms with van der Waals surface area (Å²) in [5.41, 5.74) is 1.01. The minimum Gasteiger partial charge on any atom is -0.497 e. The van der Waals surface area contributed by atoms with Gasteiger partial charge in [0.15, 0.2) is 0 Å². The average Bonchev–Trinajstić information content (AvgIpc) is 2.87. The third-order valence-corrected chi connectivity index (χ3v) is 3.78. The second-order valence-electron chi connectivity index (χ2n) is 5.61. The number of likely N-dealkylation sites (tertiary alicyclic amines) is 1. The number of nitrogens with zero attached hydrogens (tertiary/aromatic N) is 1. The van der Waals surface area contributed by atoms with Gasteiger partial charge in [0.05, 0.1) is 13.0 Å². The Morgan fingerprint density at radius 3 is 2.57 bits per heavy atom. The van der Waals surface area contributed by atoms with Crippen LogP contribution in [0.15, 0.2) is 24.3 Å². The molecule has 0 spiro atoms. The van der Waals surface area contributed by atoms with Crippen LogP contribution in [0.1, 0.15) is 25.8 Å². The van der Waals surface area contributed by atoms with E-state index in [0.717, 1.165) is 11.3 Å². The molecule has 2 rings (SSSR count). The van der Waals surface area contributed by atoms with E-state index in [2.05, 4.69) is 5.32 Å². The first-order chi connectivity index (χ1) is 10.0. The Morgan fingerprint density at radius 2 is 2.05 bits per heavy atom. The topological polar surface area (TPSA) is 58.6 Å². The first-order valence-electron chi connectivity index (χ1n) is 7.21. The standard InChI is InChI=1S/C16H22N2O3/c1-11(2)18-10-13(8-15(18)19)16(20)17-9-12-4-6-14(21-3)7-5-12/h4-7,11,13H,8-10H2,1-3H3,(H,17,20). The highest BCUT2D eigenvalue weighted by Gasteiger charge is 2.35. The molecule has 1 aromatic carbocycles. The summed E-state index contributed by atoms with van der Waals surface area (Å²) in [4.78, 5) is 25.7. The van der Waals surface area contributed by atoms with Gasteiger partial charge >= 0.3 is 0 Å². The lowest BCUT2D eigenvalue weighted by Gasteiger charge is -2.20. The Kier molecular flexibility index (Phi) is 4.83. The van der Waals surface area contributed by atoms with E-state index in [-0.39, 0.29) is 23.8 Å². The molecule has 1 fully saturated rings. The molecule has 21 heavy (non-hydrogen) atoms. The van der Waals surface area contributed by atoms with Crippen LogP contribution < -0.4 is 10.1 Å². The molecular formula is C16H22N2O3. The minimum absolute atomic E-state index is 0.0534. The number of amides is 2. The van der Waals surface area contributed by atoms with Crippen LogP contribution in [0.4, 0.5) is 0 Å². The smallest absolute Gasteiger partial charge is 0.225 e. The maximum Gasteiger partial charge on any atom is 0.225 e. The van der Waals surface area contributed by atoms with Crippen molar-refractivity contribution < 1.29 is 14.3 Å². The third kappa shape index (κ3) is 3.74. The SMILES string of the molecule is COc1ccc(CNC(=O)C2CC(=O)N(C(C)C)C2)cc1. The van der Waals surface area contributed by atoms with Crippen LogP contribution in [-0.2, 0) is 16.1 Å². The van der Waals surface area contributed by atoms with Crippen LogP contribution in [0, 0.1) is 5.92 Å². The number of carbonyl (C=O) groups is 2. The fraction of sp³-hybridized carbons (Fsp3) is 0.500. The van der Waals surface area contributed by atoms with E-state index in [1.165, 1.54) is 0 Å². The number of nitrogens with one attached hydrogen (secondary N) is 1. The molecule has 2 amide bonds. The number of ether oxygens (including phenoxy) is 1. The quantitative estimate of drug-likeness (QED) is 0.895. The van der Waals surface area contributed by atoms with Gasteiger partial charge in [-0.3, -0.25) is 9.59 Å². The van der Waals surface area contributed by atoms with Gasteiger partial charge in [-0.25, -0.2) is 0 Å². The molecule has 0 bridgehead atoms. The molecular weight excluding hydrogens is 268 g/mol. The van der Waals surface area contributed by atoms with Gasteiger partial charge in [-0.15, -0.1) is 0 Å². The van der Waals surface area contributed by atoms with Gasteiger partial charge < -0.3 is 15.0 Å². The van der Waals surface area contributed by atoms with Gasteiger partial charge in [0.1, 0.15) is 5.75 Å². The van der Waals surface area contributed by atoms with Crippen molar-refractivity contribution in [3.05, 3.63) is 29.8 Å². The Bertz CT molecular complexity index is 511. The van der Waals surface area contributed by atoms with Crippen molar-refractivity contribution in [1.82, 2.24) is 10.2 Å². The predicted molar refractivity (Wildman–Crippen MR) is 79.8 cm³/mol. The van der Waals surface area contributed by atoms with Gasteiger partial charge in [0.2, 0.25) is 11.8 Å². The Labute approximate surface area is 125 Å². The number of methoxy groups -OCH3 is 1. The number of benzene rings is 1. The molecule has 5 nitrogen and oxygen atoms in total. The molecule has 1 N–H and O–H groups in total. The number of hydrogen-bond donors (Lipinski definition) is 1. The van der Waals surface area contributed by atoms with Crippen LogP contribution in [0.5, 0.6) is 5.75 Å². The zero-order valence-electron chi connectivity index (χ0n) is 12.8. The molecule has 0 saturated carbocycles. The molecule has 1 aliphatic heterocycles. The summed E-state index contributed by atoms with van der Waals surface area (Å²) in [5, 5.41) is 2.90. The molecule has 1 atom stereocenters. The fourth-order valence-electron chi connectivity index (χ4n) is 2.48. The molecule has 1 unspecified atom stereocenters. The van der Waals surface area contributed by atoms with Crippen molar-refractivity contribution in [3.8, 4) is 5.75 Å². The first kappa shape index (κ1) is 15.4. The number of rotatable bonds is 5. The summed E-state index contributed by atoms with van der Waals surface area (Å²) >= 11 is 0. The largest absolute Gasteiger partial charge is 0.497 e. The van der Waals surface area contributed by atoms with Crippen LogP contribution in [0.2, 0.25) is 0 Å². The van der Waals surface area contributed by atoms with Crippen molar-refractivity contribution in [3.63, 3.8) is 0 Å². The van der Waals surface area contributed by atoms with E-state index in [4.69, 9.17) is 4.74 Å². The van der Waals surface area contributed by atoms with Gasteiger partial charge in [0, 0.05) is 25.6 Å². The van der Waals surface area contributed by atoms with E-state index < -0.39 is 0 Å². The maximum atomic E-state index is 12.1. The molecule has 1 heterocycles. The van der Waals surface area contributed by atoms with Crippen molar-refractivity contribution in [2.75, 3.05) is 13.7 Å². The molecule has 0 aliphatic carbocycles. The monoisotopic (exact) mass is 290 g/mol. The lowest BCUT2D eigenvalue weighted by atomic mass is 10.1. The van der Waals surface area contributed by atoms with Gasteiger partial charge in [-0.05, 0) is 31.5 Å². The van der Waals surface area contributed by atoms with E-state index >= 15 is 0 Å². The van der Waals surface area contributed by atoms with Gasteiger partial charge in [-0.1, -0.05) is 12.1 Å². The fourth-order valence-corrected chi connectivity index (χ4v) is 2.48. The van der Waals surface area contributed by atoms with Crippen molar-refractivity contribution >= 4 is 11.8 Å². The molecule has 1 saturated heterocycles. The van der Waals surface area contributed by atoms with Crippen LogP contribution in [0.25, 0.3) is 0 Å². The number of hydrogen-bond acceptors (Lipinski definition) is 3. The maximum absolute atomic E-state index is 12.1. The summed E-state index contributed by atoms with van der Waals surface area (Å²) in [5.74, 6) is 0.564. The molecule has 5 heteroatoms. The zero-order chi connectivity index (χ0) is 15.4. The summed E-state index contributed by atoms with van der Waals surface area (Å²) in [7, 11) is 1.62. The molecule has 114 valence electrons. The highest BCUT2D eigenvalue weighted by atomic mass is 16.5. The Hall–Kier alpha value is -2.04. The van der Waals surface area contributed by atoms with Gasteiger partial charge in [-0.2, -0.15) is 0 Å². The predicted octanol–water partition coefficient (Wildman–Crippen LogP) is 1.57. The summed E-state index contributed by atoms with van der Waals surface area (Å²) < 4.78 is 5.09. The van der Waals surface area contributed by atoms with Crippen molar-refractivity contribution in [2.24, 2.45) is 5.92 Å². The van der Waals surface area contributed by atoms with Crippen LogP contribution >= 0.6 is 0 Å². The highest BCUT2D eigenvalue weighted by molar-refractivity contribution is 5.89. The average molecular weight is 290 g/mol. The van der Waals surface area contributed by atoms with Crippen molar-refractivity contribution in [1.29, 1.82) is 0 Å². The van der Waals surface area contributed by atoms with Crippen LogP contribution in [0.3, 0.4) is 0 Å². The first-order valence-corrected chi connectivity index (χ1v) is 7.21. The van der Waals surface area contributed by atoms with Crippen LogP contribution in [-0.4, -0.2) is 36.4 Å². The van der Waals surface area contributed by atoms with Gasteiger partial charge in [0.25, 0.3) is 0 Å². The van der Waals surface area contributed by atoms with E-state index in [1.54, 1.807) is 12.0 Å². The van der Waals surface area contributed by atoms with E-state index in [9.17, 15) is 9.59 Å². The highest BCUT2D eigenvalue weighted by Crippen LogP contribution is 2.20. The van der Waals surface area contributed by atoms with E-state index in [1.807, 2.05) is 38.1 Å². The summed E-state index contributed by atoms with van der Waals surface area (Å²) in [6.45, 7) is 4.92. The normalized spacial score (nSPS) is 18.2. The second-order valence-corrected chi connectivity index (χ2v) is 5.61. The molecule has 1 aromatic rings. The molecule has 0 radical (unpaired) electrons. The Morgan fingerprint density at radius 1 is 1.38 bits per heavy atom. The summed E-state index contributed by atoms with van der Waals surface area (Å²) in [6.07, 6.45) is 0.312. The minimum atomic E-state index is -0.238. The lowest BCUT2D eigenvalue weighted by Crippen LogP contribution is -2.35. The summed E-state index contributed by atoms with van der Waals surface area (Å²) in [6, 6.07) is 7.71. The molecule has 0 aromatic heterocycles. The third-order valence-electron chi connectivity index (χ3n) is 3.78. The Balaban J connectivity index is 1.86. The zero-order valence-corrected chi connectivity index (χ0v) is 12.8. The lowest BCUT2D eigenvalue weighted by molar-refractivity contribution is -0.129. The number of carbonyl (C=O) groups excluding carboxylic acids is 2. The van der Waals surface area contributed by atoms with E-state index in [0.29, 0.717) is 19.5 Å².